The van der Waals surface area contributed by atoms with Gasteiger partial charge in [0.25, 0.3) is 0 Å². The topological polar surface area (TPSA) is 15.7 Å². The van der Waals surface area contributed by atoms with Gasteiger partial charge in [0.05, 0.1) is 6.61 Å². The van der Waals surface area contributed by atoms with E-state index in [1.165, 1.54) is 0 Å². The first-order chi connectivity index (χ1) is 4.80. The number of rotatable bonds is 0. The van der Waals surface area contributed by atoms with Gasteiger partial charge in [-0.15, -0.1) is 0 Å². The van der Waals surface area contributed by atoms with Crippen LogP contribution in [0.5, 0.6) is 0 Å². The predicted molar refractivity (Wildman–Crippen MR) is 40.7 cm³/mol. The number of hydrogen-bond donors (Lipinski definition) is 0. The summed E-state index contributed by atoms with van der Waals surface area (Å²) in [5.74, 6) is 0. The third-order valence-electron chi connectivity index (χ3n) is 1.91. The Kier molecular flexibility index (Phi) is 3.12. The molecule has 0 atom stereocenters. The third-order valence-corrected chi connectivity index (χ3v) is 1.91. The molecule has 1 fully saturated rings. The first-order valence-corrected chi connectivity index (χ1v) is 3.80. The molecule has 0 amide bonds. The van der Waals surface area contributed by atoms with Crippen LogP contribution >= 0.6 is 0 Å². The lowest BCUT2D eigenvalue weighted by molar-refractivity contribution is -0.0293. The zero-order chi connectivity index (χ0) is 7.40. The smallest absolute Gasteiger partial charge is 0.0607 e. The minimum atomic E-state index is 0.862. The maximum atomic E-state index is 5.32. The molecule has 1 saturated heterocycles. The molecule has 0 saturated carbocycles. The van der Waals surface area contributed by atoms with Crippen LogP contribution in [-0.4, -0.2) is 50.4 Å². The summed E-state index contributed by atoms with van der Waals surface area (Å²) in [4.78, 5) is 0. The van der Waals surface area contributed by atoms with Crippen molar-refractivity contribution in [2.45, 2.75) is 6.42 Å². The number of ether oxygens (including phenoxy) is 1. The normalized spacial score (nSPS) is 25.8. The second-order valence-corrected chi connectivity index (χ2v) is 2.73. The Morgan fingerprint density at radius 2 is 1.70 bits per heavy atom. The van der Waals surface area contributed by atoms with Gasteiger partial charge in [-0.1, -0.05) is 0 Å². The van der Waals surface area contributed by atoms with Crippen molar-refractivity contribution < 1.29 is 4.74 Å². The fourth-order valence-electron chi connectivity index (χ4n) is 1.04. The molecule has 0 aliphatic carbocycles. The Morgan fingerprint density at radius 1 is 1.00 bits per heavy atom. The Hall–Kier alpha value is -0.120. The highest BCUT2D eigenvalue weighted by atomic mass is 16.5. The van der Waals surface area contributed by atoms with E-state index in [4.69, 9.17) is 4.74 Å². The Morgan fingerprint density at radius 3 is 2.50 bits per heavy atom. The summed E-state index contributed by atoms with van der Waals surface area (Å²) < 4.78 is 5.32. The molecule has 3 nitrogen and oxygen atoms in total. The van der Waals surface area contributed by atoms with Gasteiger partial charge < -0.3 is 4.74 Å². The fourth-order valence-corrected chi connectivity index (χ4v) is 1.04. The summed E-state index contributed by atoms with van der Waals surface area (Å²) in [6, 6.07) is 0. The molecule has 0 bridgehead atoms. The first-order valence-electron chi connectivity index (χ1n) is 3.80. The van der Waals surface area contributed by atoms with E-state index in [-0.39, 0.29) is 0 Å². The summed E-state index contributed by atoms with van der Waals surface area (Å²) in [5, 5.41) is 4.43. The monoisotopic (exact) mass is 144 g/mol. The molecule has 0 radical (unpaired) electrons. The predicted octanol–water partition coefficient (Wildman–Crippen LogP) is 0.185. The molecule has 1 rings (SSSR count). The number of likely N-dealkylation sites (N-methyl/N-ethyl adjacent to an activating group) is 1. The number of hydrazine groups is 1. The van der Waals surface area contributed by atoms with Crippen LogP contribution in [0.1, 0.15) is 6.42 Å². The van der Waals surface area contributed by atoms with E-state index in [0.29, 0.717) is 0 Å². The molecule has 1 heterocycles. The van der Waals surface area contributed by atoms with Crippen molar-refractivity contribution in [2.75, 3.05) is 40.4 Å². The van der Waals surface area contributed by atoms with Crippen LogP contribution in [0.4, 0.5) is 0 Å². The molecular weight excluding hydrogens is 128 g/mol. The van der Waals surface area contributed by atoms with Crippen molar-refractivity contribution >= 4 is 0 Å². The fraction of sp³-hybridized carbons (Fsp3) is 1.00. The summed E-state index contributed by atoms with van der Waals surface area (Å²) in [7, 11) is 4.21. The van der Waals surface area contributed by atoms with Crippen molar-refractivity contribution in [1.29, 1.82) is 0 Å². The molecule has 0 N–H and O–H groups in total. The minimum absolute atomic E-state index is 0.862. The maximum absolute atomic E-state index is 5.32. The van der Waals surface area contributed by atoms with Gasteiger partial charge in [-0.25, -0.2) is 10.0 Å². The van der Waals surface area contributed by atoms with E-state index in [1.54, 1.807) is 0 Å². The molecule has 0 aromatic heterocycles. The molecule has 1 aliphatic heterocycles. The van der Waals surface area contributed by atoms with Crippen molar-refractivity contribution in [1.82, 2.24) is 10.0 Å². The lowest BCUT2D eigenvalue weighted by atomic mass is 10.4. The highest BCUT2D eigenvalue weighted by molar-refractivity contribution is 4.52. The molecular formula is C7H16N2O. The second kappa shape index (κ2) is 3.91. The molecule has 0 spiro atoms. The zero-order valence-corrected chi connectivity index (χ0v) is 6.84. The highest BCUT2D eigenvalue weighted by Crippen LogP contribution is 1.97. The average molecular weight is 144 g/mol. The van der Waals surface area contributed by atoms with Crippen LogP contribution in [0, 0.1) is 0 Å². The third kappa shape index (κ3) is 2.25. The molecule has 10 heavy (non-hydrogen) atoms. The van der Waals surface area contributed by atoms with Crippen LogP contribution in [-0.2, 0) is 4.74 Å². The van der Waals surface area contributed by atoms with Crippen molar-refractivity contribution in [2.24, 2.45) is 0 Å². The molecule has 3 heteroatoms. The standard InChI is InChI=1S/C7H16N2O/c1-8-4-3-6-10-7-5-9(8)2/h3-7H2,1-2H3. The van der Waals surface area contributed by atoms with Crippen LogP contribution in [0.2, 0.25) is 0 Å². The maximum Gasteiger partial charge on any atom is 0.0607 e. The quantitative estimate of drug-likeness (QED) is 0.482. The molecule has 0 aromatic rings. The van der Waals surface area contributed by atoms with Gasteiger partial charge in [0.2, 0.25) is 0 Å². The highest BCUT2D eigenvalue weighted by Gasteiger charge is 2.07. The first kappa shape index (κ1) is 7.98. The van der Waals surface area contributed by atoms with Crippen molar-refractivity contribution in [3.63, 3.8) is 0 Å². The van der Waals surface area contributed by atoms with E-state index in [2.05, 4.69) is 24.1 Å². The minimum Gasteiger partial charge on any atom is -0.380 e. The number of hydrogen-bond acceptors (Lipinski definition) is 3. The Labute approximate surface area is 62.5 Å². The van der Waals surface area contributed by atoms with Gasteiger partial charge in [-0.05, 0) is 6.42 Å². The van der Waals surface area contributed by atoms with E-state index in [0.717, 1.165) is 32.7 Å². The van der Waals surface area contributed by atoms with Crippen LogP contribution in [0.15, 0.2) is 0 Å². The SMILES string of the molecule is CN1CCCOCCN1C. The van der Waals surface area contributed by atoms with Crippen LogP contribution < -0.4 is 0 Å². The summed E-state index contributed by atoms with van der Waals surface area (Å²) in [5.41, 5.74) is 0. The Balaban J connectivity index is 2.28. The molecule has 60 valence electrons. The van der Waals surface area contributed by atoms with Crippen molar-refractivity contribution in [3.8, 4) is 0 Å². The lowest BCUT2D eigenvalue weighted by Gasteiger charge is -2.30. The van der Waals surface area contributed by atoms with Gasteiger partial charge >= 0.3 is 0 Å². The van der Waals surface area contributed by atoms with Gasteiger partial charge in [0, 0.05) is 33.8 Å². The van der Waals surface area contributed by atoms with E-state index >= 15 is 0 Å². The lowest BCUT2D eigenvalue weighted by Crippen LogP contribution is -2.41. The van der Waals surface area contributed by atoms with Gasteiger partial charge in [0.1, 0.15) is 0 Å². The molecule has 0 unspecified atom stereocenters. The molecule has 0 aromatic carbocycles. The van der Waals surface area contributed by atoms with Gasteiger partial charge in [-0.2, -0.15) is 0 Å². The molecule has 1 aliphatic rings. The van der Waals surface area contributed by atoms with Crippen LogP contribution in [0.3, 0.4) is 0 Å². The Bertz CT molecular complexity index is 85.6. The largest absolute Gasteiger partial charge is 0.380 e. The second-order valence-electron chi connectivity index (χ2n) is 2.73. The van der Waals surface area contributed by atoms with Gasteiger partial charge in [0.15, 0.2) is 0 Å². The summed E-state index contributed by atoms with van der Waals surface area (Å²) in [6.45, 7) is 3.89. The van der Waals surface area contributed by atoms with E-state index < -0.39 is 0 Å². The zero-order valence-electron chi connectivity index (χ0n) is 6.84. The van der Waals surface area contributed by atoms with E-state index in [9.17, 15) is 0 Å². The van der Waals surface area contributed by atoms with E-state index in [1.807, 2.05) is 0 Å². The summed E-state index contributed by atoms with van der Waals surface area (Å²) >= 11 is 0. The summed E-state index contributed by atoms with van der Waals surface area (Å²) in [6.07, 6.45) is 1.14. The average Bonchev–Trinajstić information content (AvgIpc) is 1.92. The number of nitrogens with zero attached hydrogens (tertiary/aromatic N) is 2. The van der Waals surface area contributed by atoms with Crippen molar-refractivity contribution in [3.05, 3.63) is 0 Å². The van der Waals surface area contributed by atoms with Gasteiger partial charge in [-0.3, -0.25) is 0 Å². The van der Waals surface area contributed by atoms with Crippen LogP contribution in [0.25, 0.3) is 0 Å².